The van der Waals surface area contributed by atoms with E-state index in [-0.39, 0.29) is 0 Å². The number of hydrogen-bond donors (Lipinski definition) is 1. The Bertz CT molecular complexity index is 407. The summed E-state index contributed by atoms with van der Waals surface area (Å²) in [6, 6.07) is 2.02. The lowest BCUT2D eigenvalue weighted by Gasteiger charge is -2.27. The summed E-state index contributed by atoms with van der Waals surface area (Å²) in [6.07, 6.45) is 2.39. The quantitative estimate of drug-likeness (QED) is 0.717. The molecule has 1 heterocycles. The Morgan fingerprint density at radius 1 is 1.19 bits per heavy atom. The predicted octanol–water partition coefficient (Wildman–Crippen LogP) is 3.32. The molecule has 0 spiro atoms. The number of nitrogens with zero attached hydrogens (tertiary/aromatic N) is 3. The number of aromatic nitrogens is 2. The first-order valence-electron chi connectivity index (χ1n) is 8.06. The first-order chi connectivity index (χ1) is 10.2. The molecule has 0 saturated carbocycles. The predicted molar refractivity (Wildman–Crippen MR) is 88.9 cm³/mol. The highest BCUT2D eigenvalue weighted by Gasteiger charge is 2.14. The van der Waals surface area contributed by atoms with Gasteiger partial charge >= 0.3 is 0 Å². The molecule has 120 valence electrons. The first kappa shape index (κ1) is 17.7. The summed E-state index contributed by atoms with van der Waals surface area (Å²) in [7, 11) is 1.88. The third kappa shape index (κ3) is 5.50. The Morgan fingerprint density at radius 2 is 1.90 bits per heavy atom. The molecular weight excluding hydrogens is 264 g/mol. The highest BCUT2D eigenvalue weighted by Crippen LogP contribution is 2.19. The van der Waals surface area contributed by atoms with E-state index >= 15 is 0 Å². The van der Waals surface area contributed by atoms with Crippen molar-refractivity contribution in [3.05, 3.63) is 11.9 Å². The second-order valence-electron chi connectivity index (χ2n) is 5.14. The Labute approximate surface area is 129 Å². The van der Waals surface area contributed by atoms with Crippen molar-refractivity contribution in [1.29, 1.82) is 0 Å². The van der Waals surface area contributed by atoms with Crippen LogP contribution < -0.4 is 10.2 Å². The van der Waals surface area contributed by atoms with Crippen LogP contribution in [0.25, 0.3) is 0 Å². The zero-order valence-electron chi connectivity index (χ0n) is 14.1. The standard InChI is InChI=1S/C16H30N4O/c1-6-13(7-2)11-20(8-3)16-10-14(17-5)18-15(19-16)12-21-9-4/h10,13H,6-9,11-12H2,1-5H3,(H,17,18,19). The second kappa shape index (κ2) is 9.55. The molecule has 0 fully saturated rings. The summed E-state index contributed by atoms with van der Waals surface area (Å²) < 4.78 is 5.44. The van der Waals surface area contributed by atoms with Gasteiger partial charge in [-0.25, -0.2) is 9.97 Å². The van der Waals surface area contributed by atoms with Crippen LogP contribution in [0.3, 0.4) is 0 Å². The molecule has 5 heteroatoms. The Balaban J connectivity index is 2.95. The smallest absolute Gasteiger partial charge is 0.158 e. The number of rotatable bonds is 10. The van der Waals surface area contributed by atoms with E-state index in [1.54, 1.807) is 0 Å². The van der Waals surface area contributed by atoms with Gasteiger partial charge in [-0.05, 0) is 19.8 Å². The molecule has 0 saturated heterocycles. The lowest BCUT2D eigenvalue weighted by atomic mass is 10.0. The van der Waals surface area contributed by atoms with Gasteiger partial charge in [-0.2, -0.15) is 0 Å². The minimum atomic E-state index is 0.460. The molecule has 1 rings (SSSR count). The van der Waals surface area contributed by atoms with Gasteiger partial charge in [0.15, 0.2) is 5.82 Å². The highest BCUT2D eigenvalue weighted by atomic mass is 16.5. The van der Waals surface area contributed by atoms with Crippen molar-refractivity contribution in [1.82, 2.24) is 9.97 Å². The molecule has 0 radical (unpaired) electrons. The summed E-state index contributed by atoms with van der Waals surface area (Å²) in [6.45, 7) is 11.8. The van der Waals surface area contributed by atoms with Crippen LogP contribution in [-0.4, -0.2) is 36.7 Å². The van der Waals surface area contributed by atoms with Gasteiger partial charge in [-0.1, -0.05) is 26.7 Å². The number of nitrogens with one attached hydrogen (secondary N) is 1. The van der Waals surface area contributed by atoms with Crippen molar-refractivity contribution in [2.45, 2.75) is 47.1 Å². The van der Waals surface area contributed by atoms with Crippen LogP contribution in [0.4, 0.5) is 11.6 Å². The van der Waals surface area contributed by atoms with E-state index < -0.39 is 0 Å². The van der Waals surface area contributed by atoms with Crippen molar-refractivity contribution >= 4 is 11.6 Å². The molecule has 1 aromatic rings. The first-order valence-corrected chi connectivity index (χ1v) is 8.06. The summed E-state index contributed by atoms with van der Waals surface area (Å²) in [5, 5.41) is 3.11. The topological polar surface area (TPSA) is 50.3 Å². The fourth-order valence-electron chi connectivity index (χ4n) is 2.27. The molecule has 1 N–H and O–H groups in total. The number of anilines is 2. The normalized spacial score (nSPS) is 11.0. The van der Waals surface area contributed by atoms with Crippen molar-refractivity contribution in [2.75, 3.05) is 37.0 Å². The van der Waals surface area contributed by atoms with E-state index in [4.69, 9.17) is 4.74 Å². The SMILES string of the molecule is CCOCc1nc(NC)cc(N(CC)CC(CC)CC)n1. The molecule has 0 unspecified atom stereocenters. The molecule has 0 amide bonds. The van der Waals surface area contributed by atoms with Gasteiger partial charge in [0.1, 0.15) is 18.2 Å². The van der Waals surface area contributed by atoms with Gasteiger partial charge in [0, 0.05) is 32.8 Å². The van der Waals surface area contributed by atoms with E-state index in [1.807, 2.05) is 20.0 Å². The zero-order chi connectivity index (χ0) is 15.7. The summed E-state index contributed by atoms with van der Waals surface area (Å²) in [5.74, 6) is 3.27. The molecule has 0 aliphatic carbocycles. The van der Waals surface area contributed by atoms with Gasteiger partial charge < -0.3 is 15.0 Å². The monoisotopic (exact) mass is 294 g/mol. The van der Waals surface area contributed by atoms with Gasteiger partial charge in [-0.3, -0.25) is 0 Å². The lowest BCUT2D eigenvalue weighted by molar-refractivity contribution is 0.128. The van der Waals surface area contributed by atoms with Gasteiger partial charge in [0.2, 0.25) is 0 Å². The van der Waals surface area contributed by atoms with Crippen LogP contribution in [0.2, 0.25) is 0 Å². The molecule has 21 heavy (non-hydrogen) atoms. The van der Waals surface area contributed by atoms with Gasteiger partial charge in [0.25, 0.3) is 0 Å². The second-order valence-corrected chi connectivity index (χ2v) is 5.14. The maximum atomic E-state index is 5.44. The Morgan fingerprint density at radius 3 is 2.43 bits per heavy atom. The summed E-state index contributed by atoms with van der Waals surface area (Å²) in [4.78, 5) is 11.4. The molecule has 1 aromatic heterocycles. The van der Waals surface area contributed by atoms with Crippen molar-refractivity contribution in [2.24, 2.45) is 5.92 Å². The maximum absolute atomic E-state index is 5.44. The number of ether oxygens (including phenoxy) is 1. The van der Waals surface area contributed by atoms with Crippen LogP contribution in [0.5, 0.6) is 0 Å². The van der Waals surface area contributed by atoms with E-state index in [1.165, 1.54) is 12.8 Å². The van der Waals surface area contributed by atoms with Crippen LogP contribution in [-0.2, 0) is 11.3 Å². The van der Waals surface area contributed by atoms with Crippen LogP contribution in [0.1, 0.15) is 46.4 Å². The van der Waals surface area contributed by atoms with Crippen LogP contribution >= 0.6 is 0 Å². The molecule has 0 aromatic carbocycles. The summed E-state index contributed by atoms with van der Waals surface area (Å²) in [5.41, 5.74) is 0. The van der Waals surface area contributed by atoms with E-state index in [0.717, 1.165) is 30.5 Å². The average Bonchev–Trinajstić information content (AvgIpc) is 2.53. The van der Waals surface area contributed by atoms with E-state index in [2.05, 4.69) is 41.0 Å². The van der Waals surface area contributed by atoms with Crippen molar-refractivity contribution < 1.29 is 4.74 Å². The largest absolute Gasteiger partial charge is 0.374 e. The van der Waals surface area contributed by atoms with E-state index in [0.29, 0.717) is 19.1 Å². The lowest BCUT2D eigenvalue weighted by Crippen LogP contribution is -2.30. The highest BCUT2D eigenvalue weighted by molar-refractivity contribution is 5.49. The molecule has 5 nitrogen and oxygen atoms in total. The van der Waals surface area contributed by atoms with Crippen LogP contribution in [0, 0.1) is 5.92 Å². The van der Waals surface area contributed by atoms with Crippen molar-refractivity contribution in [3.63, 3.8) is 0 Å². The van der Waals surface area contributed by atoms with Gasteiger partial charge in [-0.15, -0.1) is 0 Å². The fourth-order valence-corrected chi connectivity index (χ4v) is 2.27. The number of hydrogen-bond acceptors (Lipinski definition) is 5. The third-order valence-corrected chi connectivity index (χ3v) is 3.79. The molecular formula is C16H30N4O. The third-order valence-electron chi connectivity index (χ3n) is 3.79. The minimum Gasteiger partial charge on any atom is -0.374 e. The van der Waals surface area contributed by atoms with Crippen LogP contribution in [0.15, 0.2) is 6.07 Å². The summed E-state index contributed by atoms with van der Waals surface area (Å²) >= 11 is 0. The molecule has 0 aliphatic rings. The Hall–Kier alpha value is -1.36. The van der Waals surface area contributed by atoms with Crippen molar-refractivity contribution in [3.8, 4) is 0 Å². The maximum Gasteiger partial charge on any atom is 0.158 e. The fraction of sp³-hybridized carbons (Fsp3) is 0.750. The van der Waals surface area contributed by atoms with E-state index in [9.17, 15) is 0 Å². The van der Waals surface area contributed by atoms with Gasteiger partial charge in [0.05, 0.1) is 0 Å². The molecule has 0 atom stereocenters. The average molecular weight is 294 g/mol. The molecule has 0 aliphatic heterocycles. The Kier molecular flexibility index (Phi) is 8.05. The zero-order valence-corrected chi connectivity index (χ0v) is 14.1. The molecule has 0 bridgehead atoms. The minimum absolute atomic E-state index is 0.460.